The average molecular weight is 246 g/mol. The number of hydrogen-bond acceptors (Lipinski definition) is 2. The quantitative estimate of drug-likeness (QED) is 0.889. The summed E-state index contributed by atoms with van der Waals surface area (Å²) in [6, 6.07) is 6.32. The summed E-state index contributed by atoms with van der Waals surface area (Å²) < 4.78 is 0. The van der Waals surface area contributed by atoms with E-state index in [4.69, 9.17) is 5.73 Å². The predicted octanol–water partition coefficient (Wildman–Crippen LogP) is 2.27. The van der Waals surface area contributed by atoms with Crippen LogP contribution in [0.5, 0.6) is 0 Å². The molecule has 2 N–H and O–H groups in total. The molecule has 0 heterocycles. The Hall–Kier alpha value is -1.35. The largest absolute Gasteiger partial charge is 0.325 e. The van der Waals surface area contributed by atoms with Gasteiger partial charge in [-0.1, -0.05) is 6.07 Å². The first-order chi connectivity index (χ1) is 8.37. The number of amides is 1. The van der Waals surface area contributed by atoms with E-state index < -0.39 is 5.54 Å². The molecular formula is C15H22N2O. The number of hydrogen-bond donors (Lipinski definition) is 1. The van der Waals surface area contributed by atoms with Gasteiger partial charge in [0, 0.05) is 24.7 Å². The highest BCUT2D eigenvalue weighted by Crippen LogP contribution is 2.26. The van der Waals surface area contributed by atoms with E-state index in [1.807, 2.05) is 27.0 Å². The molecule has 1 aliphatic rings. The Kier molecular flexibility index (Phi) is 3.44. The first-order valence-electron chi connectivity index (χ1n) is 6.54. The van der Waals surface area contributed by atoms with Gasteiger partial charge in [-0.3, -0.25) is 4.79 Å². The molecule has 1 aromatic rings. The fourth-order valence-corrected chi connectivity index (χ4v) is 2.42. The molecule has 0 aromatic heterocycles. The molecule has 0 fully saturated rings. The van der Waals surface area contributed by atoms with Crippen LogP contribution < -0.4 is 10.6 Å². The summed E-state index contributed by atoms with van der Waals surface area (Å²) >= 11 is 0. The van der Waals surface area contributed by atoms with Gasteiger partial charge in [0.2, 0.25) is 5.91 Å². The highest BCUT2D eigenvalue weighted by atomic mass is 16.2. The summed E-state index contributed by atoms with van der Waals surface area (Å²) in [4.78, 5) is 13.8. The van der Waals surface area contributed by atoms with Crippen LogP contribution in [0, 0.1) is 0 Å². The number of nitrogens with zero attached hydrogens (tertiary/aromatic N) is 1. The van der Waals surface area contributed by atoms with Crippen LogP contribution in [-0.2, 0) is 17.6 Å². The minimum absolute atomic E-state index is 0.0699. The fourth-order valence-electron chi connectivity index (χ4n) is 2.42. The Morgan fingerprint density at radius 2 is 2.00 bits per heavy atom. The normalized spacial score (nSPS) is 14.4. The van der Waals surface area contributed by atoms with E-state index in [2.05, 4.69) is 12.1 Å². The van der Waals surface area contributed by atoms with E-state index in [-0.39, 0.29) is 5.91 Å². The highest BCUT2D eigenvalue weighted by Gasteiger charge is 2.21. The van der Waals surface area contributed by atoms with E-state index in [9.17, 15) is 4.79 Å². The lowest BCUT2D eigenvalue weighted by Gasteiger charge is -2.23. The van der Waals surface area contributed by atoms with Crippen molar-refractivity contribution in [3.05, 3.63) is 29.3 Å². The third-order valence-corrected chi connectivity index (χ3v) is 3.45. The summed E-state index contributed by atoms with van der Waals surface area (Å²) in [6.07, 6.45) is 3.89. The lowest BCUT2D eigenvalue weighted by Crippen LogP contribution is -2.39. The zero-order valence-corrected chi connectivity index (χ0v) is 11.5. The summed E-state index contributed by atoms with van der Waals surface area (Å²) in [7, 11) is 1.82. The summed E-state index contributed by atoms with van der Waals surface area (Å²) in [6.45, 7) is 3.75. The molecule has 1 aliphatic carbocycles. The molecule has 0 atom stereocenters. The van der Waals surface area contributed by atoms with Gasteiger partial charge in [-0.05, 0) is 56.4 Å². The molecule has 3 nitrogen and oxygen atoms in total. The first kappa shape index (κ1) is 13.1. The molecule has 18 heavy (non-hydrogen) atoms. The predicted molar refractivity (Wildman–Crippen MR) is 74.8 cm³/mol. The van der Waals surface area contributed by atoms with Crippen LogP contribution in [-0.4, -0.2) is 18.5 Å². The van der Waals surface area contributed by atoms with Crippen molar-refractivity contribution in [3.8, 4) is 0 Å². The molecule has 0 saturated carbocycles. The number of fused-ring (bicyclic) bond motifs is 1. The number of anilines is 1. The molecule has 98 valence electrons. The van der Waals surface area contributed by atoms with Gasteiger partial charge in [-0.25, -0.2) is 0 Å². The number of carbonyl (C=O) groups is 1. The second kappa shape index (κ2) is 4.73. The molecule has 0 saturated heterocycles. The van der Waals surface area contributed by atoms with E-state index in [1.165, 1.54) is 24.0 Å². The van der Waals surface area contributed by atoms with Crippen molar-refractivity contribution in [1.29, 1.82) is 0 Å². The van der Waals surface area contributed by atoms with Crippen molar-refractivity contribution in [3.63, 3.8) is 0 Å². The Labute approximate surface area is 109 Å². The number of carbonyl (C=O) groups excluding carboxylic acids is 1. The van der Waals surface area contributed by atoms with E-state index in [1.54, 1.807) is 4.90 Å². The number of nitrogens with two attached hydrogens (primary N) is 1. The van der Waals surface area contributed by atoms with Gasteiger partial charge in [0.05, 0.1) is 0 Å². The maximum absolute atomic E-state index is 12.1. The van der Waals surface area contributed by atoms with Crippen LogP contribution in [0.15, 0.2) is 18.2 Å². The third-order valence-electron chi connectivity index (χ3n) is 3.45. The van der Waals surface area contributed by atoms with Crippen molar-refractivity contribution in [2.75, 3.05) is 11.9 Å². The molecule has 2 rings (SSSR count). The van der Waals surface area contributed by atoms with Crippen molar-refractivity contribution in [2.45, 2.75) is 45.1 Å². The lowest BCUT2D eigenvalue weighted by molar-refractivity contribution is -0.119. The smallest absolute Gasteiger partial charge is 0.228 e. The molecular weight excluding hydrogens is 224 g/mol. The van der Waals surface area contributed by atoms with Gasteiger partial charge in [-0.15, -0.1) is 0 Å². The standard InChI is InChI=1S/C15H22N2O/c1-15(2,16)10-14(18)17(3)13-8-7-11-5-4-6-12(11)9-13/h7-9H,4-6,10,16H2,1-3H3. The maximum atomic E-state index is 12.1. The minimum Gasteiger partial charge on any atom is -0.325 e. The van der Waals surface area contributed by atoms with E-state index in [0.717, 1.165) is 12.1 Å². The minimum atomic E-state index is -0.456. The van der Waals surface area contributed by atoms with Crippen LogP contribution in [0.4, 0.5) is 5.69 Å². The average Bonchev–Trinajstić information content (AvgIpc) is 2.72. The Morgan fingerprint density at radius 3 is 2.67 bits per heavy atom. The Morgan fingerprint density at radius 1 is 1.33 bits per heavy atom. The highest BCUT2D eigenvalue weighted by molar-refractivity contribution is 5.93. The molecule has 0 bridgehead atoms. The van der Waals surface area contributed by atoms with Crippen LogP contribution in [0.25, 0.3) is 0 Å². The van der Waals surface area contributed by atoms with Gasteiger partial charge >= 0.3 is 0 Å². The van der Waals surface area contributed by atoms with Crippen LogP contribution in [0.2, 0.25) is 0 Å². The van der Waals surface area contributed by atoms with E-state index >= 15 is 0 Å². The SMILES string of the molecule is CN(C(=O)CC(C)(C)N)c1ccc2c(c1)CCC2. The number of rotatable bonds is 3. The molecule has 0 unspecified atom stereocenters. The summed E-state index contributed by atoms with van der Waals surface area (Å²) in [5.41, 5.74) is 9.23. The first-order valence-corrected chi connectivity index (χ1v) is 6.54. The Bertz CT molecular complexity index is 460. The number of aryl methyl sites for hydroxylation is 2. The fraction of sp³-hybridized carbons (Fsp3) is 0.533. The van der Waals surface area contributed by atoms with Crippen molar-refractivity contribution in [2.24, 2.45) is 5.73 Å². The van der Waals surface area contributed by atoms with Crippen LogP contribution in [0.3, 0.4) is 0 Å². The lowest BCUT2D eigenvalue weighted by atomic mass is 10.0. The second-order valence-corrected chi connectivity index (χ2v) is 5.92. The topological polar surface area (TPSA) is 46.3 Å². The summed E-state index contributed by atoms with van der Waals surface area (Å²) in [5, 5.41) is 0. The molecule has 0 radical (unpaired) electrons. The van der Waals surface area contributed by atoms with Gasteiger partial charge in [0.15, 0.2) is 0 Å². The number of benzene rings is 1. The molecule has 0 aliphatic heterocycles. The van der Waals surface area contributed by atoms with Crippen molar-refractivity contribution < 1.29 is 4.79 Å². The molecule has 1 amide bonds. The van der Waals surface area contributed by atoms with Gasteiger partial charge in [0.25, 0.3) is 0 Å². The van der Waals surface area contributed by atoms with Crippen LogP contribution >= 0.6 is 0 Å². The molecule has 0 spiro atoms. The third kappa shape index (κ3) is 2.91. The zero-order valence-electron chi connectivity index (χ0n) is 11.5. The van der Waals surface area contributed by atoms with E-state index in [0.29, 0.717) is 6.42 Å². The second-order valence-electron chi connectivity index (χ2n) is 5.92. The van der Waals surface area contributed by atoms with Gasteiger partial charge in [0.1, 0.15) is 0 Å². The summed E-state index contributed by atoms with van der Waals surface area (Å²) in [5.74, 6) is 0.0699. The monoisotopic (exact) mass is 246 g/mol. The van der Waals surface area contributed by atoms with Gasteiger partial charge in [-0.2, -0.15) is 0 Å². The van der Waals surface area contributed by atoms with Crippen molar-refractivity contribution >= 4 is 11.6 Å². The zero-order chi connectivity index (χ0) is 13.3. The van der Waals surface area contributed by atoms with Crippen LogP contribution in [0.1, 0.15) is 37.8 Å². The Balaban J connectivity index is 2.14. The molecule has 3 heteroatoms. The van der Waals surface area contributed by atoms with Gasteiger partial charge < -0.3 is 10.6 Å². The van der Waals surface area contributed by atoms with Crippen molar-refractivity contribution in [1.82, 2.24) is 0 Å². The molecule has 1 aromatic carbocycles. The maximum Gasteiger partial charge on any atom is 0.228 e.